The molecular formula is C15H18N4O4S2. The van der Waals surface area contributed by atoms with E-state index >= 15 is 0 Å². The summed E-state index contributed by atoms with van der Waals surface area (Å²) >= 11 is 1.19. The number of nitrogens with zero attached hydrogens (tertiary/aromatic N) is 4. The lowest BCUT2D eigenvalue weighted by Gasteiger charge is -2.08. The van der Waals surface area contributed by atoms with E-state index in [9.17, 15) is 18.5 Å². The first-order chi connectivity index (χ1) is 11.7. The van der Waals surface area contributed by atoms with Crippen LogP contribution in [0.1, 0.15) is 17.8 Å². The number of hydrogen-bond donors (Lipinski definition) is 0. The van der Waals surface area contributed by atoms with Crippen molar-refractivity contribution < 1.29 is 13.3 Å². The first kappa shape index (κ1) is 17.9. The van der Waals surface area contributed by atoms with Crippen LogP contribution in [-0.4, -0.2) is 39.6 Å². The van der Waals surface area contributed by atoms with Crippen LogP contribution in [0.15, 0.2) is 28.3 Å². The van der Waals surface area contributed by atoms with Gasteiger partial charge in [-0.15, -0.1) is 10.2 Å². The smallest absolute Gasteiger partial charge is 0.283 e. The molecule has 8 nitrogen and oxygen atoms in total. The summed E-state index contributed by atoms with van der Waals surface area (Å²) in [6.07, 6.45) is 1.18. The minimum atomic E-state index is -2.93. The van der Waals surface area contributed by atoms with Crippen molar-refractivity contribution in [1.82, 2.24) is 14.8 Å². The van der Waals surface area contributed by atoms with E-state index < -0.39 is 14.8 Å². The molecule has 0 amide bonds. The Hall–Kier alpha value is -1.94. The summed E-state index contributed by atoms with van der Waals surface area (Å²) in [5.41, 5.74) is 0.855. The highest BCUT2D eigenvalue weighted by molar-refractivity contribution is 7.99. The molecule has 1 aliphatic rings. The number of rotatable bonds is 5. The van der Waals surface area contributed by atoms with Crippen molar-refractivity contribution in [2.45, 2.75) is 29.8 Å². The number of aromatic nitrogens is 3. The monoisotopic (exact) mass is 382 g/mol. The van der Waals surface area contributed by atoms with Gasteiger partial charge in [-0.05, 0) is 42.7 Å². The number of sulfone groups is 1. The molecule has 10 heteroatoms. The predicted octanol–water partition coefficient (Wildman–Crippen LogP) is 2.16. The van der Waals surface area contributed by atoms with E-state index in [-0.39, 0.29) is 23.1 Å². The molecule has 134 valence electrons. The molecule has 1 saturated heterocycles. The largest absolute Gasteiger partial charge is 0.309 e. The van der Waals surface area contributed by atoms with Gasteiger partial charge in [0.05, 0.1) is 21.3 Å². The Labute approximate surface area is 149 Å². The summed E-state index contributed by atoms with van der Waals surface area (Å²) < 4.78 is 24.9. The number of benzene rings is 1. The average Bonchev–Trinajstić information content (AvgIpc) is 3.05. The van der Waals surface area contributed by atoms with Crippen LogP contribution < -0.4 is 0 Å². The van der Waals surface area contributed by atoms with Crippen LogP contribution in [0, 0.1) is 23.0 Å². The summed E-state index contributed by atoms with van der Waals surface area (Å²) in [5, 5.41) is 20.0. The van der Waals surface area contributed by atoms with Crippen molar-refractivity contribution >= 4 is 27.3 Å². The molecule has 1 aliphatic heterocycles. The highest BCUT2D eigenvalue weighted by Crippen LogP contribution is 2.34. The Bertz CT molecular complexity index is 924. The van der Waals surface area contributed by atoms with Gasteiger partial charge in [0.2, 0.25) is 0 Å². The highest BCUT2D eigenvalue weighted by atomic mass is 32.2. The molecule has 25 heavy (non-hydrogen) atoms. The summed E-state index contributed by atoms with van der Waals surface area (Å²) in [5.74, 6) is 1.16. The number of aryl methyl sites for hydroxylation is 1. The Balaban J connectivity index is 1.79. The van der Waals surface area contributed by atoms with E-state index in [2.05, 4.69) is 10.2 Å². The lowest BCUT2D eigenvalue weighted by atomic mass is 10.1. The minimum Gasteiger partial charge on any atom is -0.309 e. The third kappa shape index (κ3) is 4.01. The molecule has 1 unspecified atom stereocenters. The molecule has 0 bridgehead atoms. The van der Waals surface area contributed by atoms with Gasteiger partial charge in [0, 0.05) is 19.5 Å². The summed E-state index contributed by atoms with van der Waals surface area (Å²) in [6, 6.07) is 5.05. The zero-order valence-corrected chi connectivity index (χ0v) is 15.5. The third-order valence-electron chi connectivity index (χ3n) is 4.24. The number of nitro benzene ring substituents is 1. The van der Waals surface area contributed by atoms with Crippen LogP contribution in [0.3, 0.4) is 0 Å². The number of hydrogen-bond acceptors (Lipinski definition) is 7. The Morgan fingerprint density at radius 2 is 2.16 bits per heavy atom. The van der Waals surface area contributed by atoms with Crippen molar-refractivity contribution in [3.05, 3.63) is 39.7 Å². The van der Waals surface area contributed by atoms with E-state index in [0.717, 1.165) is 5.56 Å². The molecule has 0 N–H and O–H groups in total. The van der Waals surface area contributed by atoms with Crippen molar-refractivity contribution in [2.24, 2.45) is 13.0 Å². The first-order valence-corrected chi connectivity index (χ1v) is 10.4. The maximum atomic E-state index is 11.6. The maximum Gasteiger partial charge on any atom is 0.283 e. The van der Waals surface area contributed by atoms with Gasteiger partial charge in [-0.2, -0.15) is 0 Å². The zero-order chi connectivity index (χ0) is 18.2. The van der Waals surface area contributed by atoms with Crippen molar-refractivity contribution in [3.8, 4) is 0 Å². The molecule has 1 fully saturated rings. The Kier molecular flexibility index (Phi) is 4.83. The number of nitro groups is 1. The third-order valence-corrected chi connectivity index (χ3v) is 7.18. The van der Waals surface area contributed by atoms with E-state index in [1.807, 2.05) is 6.07 Å². The molecular weight excluding hydrogens is 364 g/mol. The first-order valence-electron chi connectivity index (χ1n) is 7.77. The molecule has 0 spiro atoms. The quantitative estimate of drug-likeness (QED) is 0.576. The van der Waals surface area contributed by atoms with E-state index in [4.69, 9.17) is 0 Å². The van der Waals surface area contributed by atoms with Gasteiger partial charge in [-0.1, -0.05) is 6.07 Å². The molecule has 0 aliphatic carbocycles. The van der Waals surface area contributed by atoms with Gasteiger partial charge in [-0.3, -0.25) is 10.1 Å². The fraction of sp³-hybridized carbons (Fsp3) is 0.467. The van der Waals surface area contributed by atoms with Gasteiger partial charge in [0.25, 0.3) is 5.69 Å². The zero-order valence-electron chi connectivity index (χ0n) is 13.9. The molecule has 2 heterocycles. The van der Waals surface area contributed by atoms with Crippen LogP contribution in [0.5, 0.6) is 0 Å². The van der Waals surface area contributed by atoms with Crippen LogP contribution in [0.4, 0.5) is 5.69 Å². The average molecular weight is 382 g/mol. The fourth-order valence-electron chi connectivity index (χ4n) is 2.86. The normalized spacial score (nSPS) is 19.2. The summed E-state index contributed by atoms with van der Waals surface area (Å²) in [6.45, 7) is 1.80. The second-order valence-corrected chi connectivity index (χ2v) is 9.50. The minimum absolute atomic E-state index is 0.0384. The lowest BCUT2D eigenvalue weighted by Crippen LogP contribution is -2.11. The van der Waals surface area contributed by atoms with Crippen LogP contribution in [0.25, 0.3) is 0 Å². The summed E-state index contributed by atoms with van der Waals surface area (Å²) in [4.78, 5) is 11.3. The standard InChI is InChI=1S/C15H18N4O4S2/c1-10-3-4-13(12(7-10)19(20)21)24-15-17-16-14(18(15)2)8-11-5-6-25(22,23)9-11/h3-4,7,11H,5-6,8-9H2,1-2H3. The van der Waals surface area contributed by atoms with Crippen molar-refractivity contribution in [1.29, 1.82) is 0 Å². The van der Waals surface area contributed by atoms with Crippen molar-refractivity contribution in [2.75, 3.05) is 11.5 Å². The lowest BCUT2D eigenvalue weighted by molar-refractivity contribution is -0.387. The van der Waals surface area contributed by atoms with Gasteiger partial charge in [-0.25, -0.2) is 8.42 Å². The highest BCUT2D eigenvalue weighted by Gasteiger charge is 2.29. The molecule has 0 radical (unpaired) electrons. The molecule has 1 aromatic carbocycles. The van der Waals surface area contributed by atoms with Crippen LogP contribution >= 0.6 is 11.8 Å². The summed E-state index contributed by atoms with van der Waals surface area (Å²) in [7, 11) is -1.13. The van der Waals surface area contributed by atoms with E-state index in [1.54, 1.807) is 24.6 Å². The molecule has 3 rings (SSSR count). The second-order valence-electron chi connectivity index (χ2n) is 6.26. The van der Waals surface area contributed by atoms with Gasteiger partial charge < -0.3 is 4.57 Å². The van der Waals surface area contributed by atoms with Gasteiger partial charge in [0.1, 0.15) is 5.82 Å². The second kappa shape index (κ2) is 6.75. The molecule has 1 atom stereocenters. The van der Waals surface area contributed by atoms with Crippen molar-refractivity contribution in [3.63, 3.8) is 0 Å². The molecule has 1 aromatic heterocycles. The van der Waals surface area contributed by atoms with E-state index in [0.29, 0.717) is 28.7 Å². The Morgan fingerprint density at radius 3 is 2.80 bits per heavy atom. The van der Waals surface area contributed by atoms with Gasteiger partial charge >= 0.3 is 0 Å². The van der Waals surface area contributed by atoms with Crippen LogP contribution in [-0.2, 0) is 23.3 Å². The molecule has 0 saturated carbocycles. The van der Waals surface area contributed by atoms with Gasteiger partial charge in [0.15, 0.2) is 15.0 Å². The topological polar surface area (TPSA) is 108 Å². The van der Waals surface area contributed by atoms with E-state index in [1.165, 1.54) is 17.8 Å². The Morgan fingerprint density at radius 1 is 1.40 bits per heavy atom. The molecule has 2 aromatic rings. The van der Waals surface area contributed by atoms with Crippen LogP contribution in [0.2, 0.25) is 0 Å². The fourth-order valence-corrected chi connectivity index (χ4v) is 5.61. The maximum absolute atomic E-state index is 11.6. The SMILES string of the molecule is Cc1ccc(Sc2nnc(CC3CCS(=O)(=O)C3)n2C)c([N+](=O)[O-])c1. The predicted molar refractivity (Wildman–Crippen MR) is 93.4 cm³/mol.